The van der Waals surface area contributed by atoms with Crippen LogP contribution in [-0.2, 0) is 32.5 Å². The highest BCUT2D eigenvalue weighted by Gasteiger charge is 2.22. The molecule has 0 bridgehead atoms. The molecule has 140 valence electrons. The molecule has 0 fully saturated rings. The minimum atomic E-state index is -3.59. The predicted octanol–water partition coefficient (Wildman–Crippen LogP) is 0.657. The van der Waals surface area contributed by atoms with Gasteiger partial charge in [0.2, 0.25) is 15.9 Å². The number of nitrogens with zero attached hydrogens (tertiary/aromatic N) is 1. The van der Waals surface area contributed by atoms with E-state index in [2.05, 4.69) is 4.72 Å². The smallest absolute Gasteiger partial charge is 0.240 e. The van der Waals surface area contributed by atoms with Crippen molar-refractivity contribution in [2.24, 2.45) is 0 Å². The van der Waals surface area contributed by atoms with Crippen molar-refractivity contribution in [3.05, 3.63) is 29.3 Å². The summed E-state index contributed by atoms with van der Waals surface area (Å²) in [7, 11) is -2.02. The number of benzene rings is 1. The third kappa shape index (κ3) is 5.50. The van der Waals surface area contributed by atoms with E-state index in [-0.39, 0.29) is 17.3 Å². The van der Waals surface area contributed by atoms with Gasteiger partial charge in [0.25, 0.3) is 0 Å². The Morgan fingerprint density at radius 2 is 2.16 bits per heavy atom. The monoisotopic (exact) mass is 370 g/mol. The molecule has 1 aliphatic rings. The van der Waals surface area contributed by atoms with Gasteiger partial charge in [-0.1, -0.05) is 6.07 Å². The number of methoxy groups -OCH3 is 1. The van der Waals surface area contributed by atoms with Crippen LogP contribution in [0.1, 0.15) is 30.9 Å². The molecule has 0 radical (unpaired) electrons. The molecular formula is C17H26N2O5S. The van der Waals surface area contributed by atoms with Gasteiger partial charge in [-0.2, -0.15) is 0 Å². The molecule has 0 aromatic heterocycles. The topological polar surface area (TPSA) is 95.9 Å². The second-order valence-electron chi connectivity index (χ2n) is 6.27. The lowest BCUT2D eigenvalue weighted by Gasteiger charge is -2.29. The van der Waals surface area contributed by atoms with E-state index in [9.17, 15) is 18.3 Å². The highest BCUT2D eigenvalue weighted by Crippen LogP contribution is 2.23. The predicted molar refractivity (Wildman–Crippen MR) is 93.5 cm³/mol. The molecule has 1 atom stereocenters. The molecule has 2 rings (SSSR count). The molecule has 8 heteroatoms. The van der Waals surface area contributed by atoms with Crippen molar-refractivity contribution in [2.45, 2.75) is 43.7 Å². The quantitative estimate of drug-likeness (QED) is 0.701. The molecule has 1 aromatic carbocycles. The fourth-order valence-corrected chi connectivity index (χ4v) is 3.84. The van der Waals surface area contributed by atoms with Crippen LogP contribution in [0.3, 0.4) is 0 Å². The number of rotatable bonds is 8. The van der Waals surface area contributed by atoms with Gasteiger partial charge in [0, 0.05) is 26.7 Å². The van der Waals surface area contributed by atoms with Crippen molar-refractivity contribution in [1.82, 2.24) is 9.62 Å². The summed E-state index contributed by atoms with van der Waals surface area (Å²) < 4.78 is 32.1. The van der Waals surface area contributed by atoms with E-state index >= 15 is 0 Å². The molecule has 0 saturated heterocycles. The number of fused-ring (bicyclic) bond motifs is 1. The van der Waals surface area contributed by atoms with Crippen LogP contribution < -0.4 is 4.72 Å². The van der Waals surface area contributed by atoms with Crippen molar-refractivity contribution < 1.29 is 23.1 Å². The van der Waals surface area contributed by atoms with E-state index in [4.69, 9.17) is 4.74 Å². The minimum absolute atomic E-state index is 0.0454. The maximum Gasteiger partial charge on any atom is 0.240 e. The number of aliphatic hydroxyl groups excluding tert-OH is 1. The summed E-state index contributed by atoms with van der Waals surface area (Å²) in [6, 6.07) is 5.01. The zero-order valence-electron chi connectivity index (χ0n) is 14.7. The first kappa shape index (κ1) is 19.8. The first-order valence-corrected chi connectivity index (χ1v) is 9.88. The van der Waals surface area contributed by atoms with Gasteiger partial charge in [-0.3, -0.25) is 4.79 Å². The molecule has 7 nitrogen and oxygen atoms in total. The Labute approximate surface area is 149 Å². The third-order valence-corrected chi connectivity index (χ3v) is 5.69. The zero-order valence-corrected chi connectivity index (χ0v) is 15.5. The van der Waals surface area contributed by atoms with Crippen molar-refractivity contribution in [3.8, 4) is 0 Å². The number of hydrogen-bond acceptors (Lipinski definition) is 5. The molecule has 1 aliphatic heterocycles. The van der Waals surface area contributed by atoms with Crippen molar-refractivity contribution >= 4 is 15.9 Å². The lowest BCUT2D eigenvalue weighted by molar-refractivity contribution is -0.133. The maximum atomic E-state index is 12.3. The second kappa shape index (κ2) is 8.75. The normalized spacial score (nSPS) is 15.7. The molecule has 0 saturated carbocycles. The van der Waals surface area contributed by atoms with Crippen LogP contribution in [0.5, 0.6) is 0 Å². The lowest BCUT2D eigenvalue weighted by Crippen LogP contribution is -2.36. The van der Waals surface area contributed by atoms with Crippen LogP contribution in [0.25, 0.3) is 0 Å². The van der Waals surface area contributed by atoms with E-state index in [0.717, 1.165) is 11.1 Å². The molecule has 2 N–H and O–H groups in total. The highest BCUT2D eigenvalue weighted by molar-refractivity contribution is 7.89. The summed E-state index contributed by atoms with van der Waals surface area (Å²) >= 11 is 0. The van der Waals surface area contributed by atoms with Gasteiger partial charge in [-0.25, -0.2) is 13.1 Å². The molecule has 0 aliphatic carbocycles. The summed E-state index contributed by atoms with van der Waals surface area (Å²) in [4.78, 5) is 14.1. The summed E-state index contributed by atoms with van der Waals surface area (Å²) in [5.41, 5.74) is 1.93. The summed E-state index contributed by atoms with van der Waals surface area (Å²) in [5.74, 6) is 0.0454. The first-order chi connectivity index (χ1) is 11.8. The molecule has 1 aromatic rings. The number of ether oxygens (including phenoxy) is 1. The van der Waals surface area contributed by atoms with Gasteiger partial charge < -0.3 is 14.7 Å². The molecule has 1 heterocycles. The molecule has 25 heavy (non-hydrogen) atoms. The third-order valence-electron chi connectivity index (χ3n) is 4.23. The van der Waals surface area contributed by atoms with Crippen molar-refractivity contribution in [1.29, 1.82) is 0 Å². The van der Waals surface area contributed by atoms with E-state index in [1.54, 1.807) is 37.1 Å². The summed E-state index contributed by atoms with van der Waals surface area (Å²) in [6.07, 6.45) is 0.798. The van der Waals surface area contributed by atoms with E-state index < -0.39 is 16.1 Å². The number of nitrogens with one attached hydrogen (secondary N) is 1. The molecule has 1 amide bonds. The van der Waals surface area contributed by atoms with Crippen molar-refractivity contribution in [2.75, 3.05) is 26.8 Å². The number of aliphatic hydroxyl groups is 1. The van der Waals surface area contributed by atoms with Crippen LogP contribution in [0, 0.1) is 0 Å². The summed E-state index contributed by atoms with van der Waals surface area (Å²) in [5, 5.41) is 9.23. The van der Waals surface area contributed by atoms with Crippen LogP contribution >= 0.6 is 0 Å². The average molecular weight is 370 g/mol. The van der Waals surface area contributed by atoms with Crippen LogP contribution in [0.4, 0.5) is 0 Å². The Hall–Kier alpha value is -1.48. The molecular weight excluding hydrogens is 344 g/mol. The van der Waals surface area contributed by atoms with Crippen LogP contribution in [0.15, 0.2) is 23.1 Å². The number of sulfonamides is 1. The molecule has 1 unspecified atom stereocenters. The van der Waals surface area contributed by atoms with Crippen LogP contribution in [0.2, 0.25) is 0 Å². The minimum Gasteiger partial charge on any atom is -0.393 e. The number of hydrogen-bond donors (Lipinski definition) is 2. The zero-order chi connectivity index (χ0) is 18.4. The molecule has 0 spiro atoms. The Morgan fingerprint density at radius 1 is 1.40 bits per heavy atom. The number of carbonyl (C=O) groups is 1. The number of carbonyl (C=O) groups excluding carboxylic acids is 1. The second-order valence-corrected chi connectivity index (χ2v) is 8.04. The van der Waals surface area contributed by atoms with Gasteiger partial charge in [0.15, 0.2) is 0 Å². The van der Waals surface area contributed by atoms with Gasteiger partial charge >= 0.3 is 0 Å². The standard InChI is InChI=1S/C17H26N2O5S/c1-13(20)5-8-18-25(22,23)16-4-3-15-12-19(9-6-14(15)11-16)17(21)7-10-24-2/h3-4,11,13,18,20H,5-10,12H2,1-2H3. The Kier molecular flexibility index (Phi) is 6.95. The van der Waals surface area contributed by atoms with E-state index in [1.807, 2.05) is 0 Å². The Morgan fingerprint density at radius 3 is 2.84 bits per heavy atom. The summed E-state index contributed by atoms with van der Waals surface area (Å²) in [6.45, 7) is 3.28. The van der Waals surface area contributed by atoms with Gasteiger partial charge in [0.05, 0.1) is 24.0 Å². The SMILES string of the molecule is COCCC(=O)N1CCc2cc(S(=O)(=O)NCCC(C)O)ccc2C1. The average Bonchev–Trinajstić information content (AvgIpc) is 2.58. The van der Waals surface area contributed by atoms with Gasteiger partial charge in [-0.05, 0) is 43.0 Å². The Bertz CT molecular complexity index is 703. The maximum absolute atomic E-state index is 12.3. The highest BCUT2D eigenvalue weighted by atomic mass is 32.2. The van der Waals surface area contributed by atoms with Crippen molar-refractivity contribution in [3.63, 3.8) is 0 Å². The Balaban J connectivity index is 2.05. The number of amides is 1. The fraction of sp³-hybridized carbons (Fsp3) is 0.588. The van der Waals surface area contributed by atoms with Gasteiger partial charge in [-0.15, -0.1) is 0 Å². The first-order valence-electron chi connectivity index (χ1n) is 8.39. The van der Waals surface area contributed by atoms with E-state index in [0.29, 0.717) is 39.0 Å². The largest absolute Gasteiger partial charge is 0.393 e. The van der Waals surface area contributed by atoms with Crippen LogP contribution in [-0.4, -0.2) is 57.2 Å². The fourth-order valence-electron chi connectivity index (χ4n) is 2.74. The van der Waals surface area contributed by atoms with Gasteiger partial charge in [0.1, 0.15) is 0 Å². The van der Waals surface area contributed by atoms with E-state index in [1.165, 1.54) is 0 Å². The lowest BCUT2D eigenvalue weighted by atomic mass is 10.00.